The fourth-order valence-corrected chi connectivity index (χ4v) is 1.95. The number of anilines is 2. The van der Waals surface area contributed by atoms with Crippen molar-refractivity contribution in [3.8, 4) is 0 Å². The van der Waals surface area contributed by atoms with Gasteiger partial charge in [-0.3, -0.25) is 0 Å². The third-order valence-electron chi connectivity index (χ3n) is 2.51. The predicted octanol–water partition coefficient (Wildman–Crippen LogP) is 4.60. The molecule has 0 radical (unpaired) electrons. The predicted molar refractivity (Wildman–Crippen MR) is 82.4 cm³/mol. The molecule has 0 saturated carbocycles. The van der Waals surface area contributed by atoms with Gasteiger partial charge in [-0.2, -0.15) is 0 Å². The van der Waals surface area contributed by atoms with Crippen LogP contribution in [0.5, 0.6) is 0 Å². The Labute approximate surface area is 121 Å². The van der Waals surface area contributed by atoms with Gasteiger partial charge in [0.15, 0.2) is 5.11 Å². The van der Waals surface area contributed by atoms with Gasteiger partial charge in [0.05, 0.1) is 0 Å². The Hall–Kier alpha value is -1.65. The highest BCUT2D eigenvalue weighted by atomic mass is 35.5. The zero-order valence-corrected chi connectivity index (χ0v) is 11.8. The number of nitrogens with one attached hydrogen (secondary N) is 2. The van der Waals surface area contributed by atoms with E-state index in [1.165, 1.54) is 12.1 Å². The molecule has 0 unspecified atom stereocenters. The van der Waals surface area contributed by atoms with Crippen LogP contribution in [0.4, 0.5) is 15.8 Å². The largest absolute Gasteiger partial charge is 0.332 e. The van der Waals surface area contributed by atoms with Crippen molar-refractivity contribution in [1.29, 1.82) is 0 Å². The number of hydrogen-bond acceptors (Lipinski definition) is 1. The number of thiocarbonyl (C=S) groups is 1. The number of halogens is 2. The van der Waals surface area contributed by atoms with E-state index in [0.29, 0.717) is 15.8 Å². The van der Waals surface area contributed by atoms with Gasteiger partial charge >= 0.3 is 0 Å². The lowest BCUT2D eigenvalue weighted by Crippen LogP contribution is -2.19. The van der Waals surface area contributed by atoms with Gasteiger partial charge in [0.1, 0.15) is 5.82 Å². The molecule has 2 aromatic carbocycles. The molecule has 0 aliphatic carbocycles. The minimum Gasteiger partial charge on any atom is -0.332 e. The smallest absolute Gasteiger partial charge is 0.175 e. The Morgan fingerprint density at radius 3 is 2.42 bits per heavy atom. The molecule has 5 heteroatoms. The molecule has 2 rings (SSSR count). The maximum absolute atomic E-state index is 13.0. The number of rotatable bonds is 2. The molecule has 2 nitrogen and oxygen atoms in total. The van der Waals surface area contributed by atoms with E-state index < -0.39 is 0 Å². The van der Waals surface area contributed by atoms with Crippen molar-refractivity contribution in [2.75, 3.05) is 10.6 Å². The van der Waals surface area contributed by atoms with Crippen LogP contribution >= 0.6 is 23.8 Å². The van der Waals surface area contributed by atoms with E-state index in [1.54, 1.807) is 18.2 Å². The molecule has 0 saturated heterocycles. The quantitative estimate of drug-likeness (QED) is 0.792. The summed E-state index contributed by atoms with van der Waals surface area (Å²) in [5, 5.41) is 6.94. The molecule has 2 N–H and O–H groups in total. The van der Waals surface area contributed by atoms with E-state index in [4.69, 9.17) is 23.8 Å². The highest BCUT2D eigenvalue weighted by Crippen LogP contribution is 2.20. The summed E-state index contributed by atoms with van der Waals surface area (Å²) in [5.74, 6) is -0.314. The number of aryl methyl sites for hydroxylation is 1. The number of benzene rings is 2. The summed E-state index contributed by atoms with van der Waals surface area (Å²) in [6, 6.07) is 11.7. The van der Waals surface area contributed by atoms with Crippen LogP contribution in [-0.2, 0) is 0 Å². The molecule has 0 amide bonds. The lowest BCUT2D eigenvalue weighted by atomic mass is 10.2. The van der Waals surface area contributed by atoms with Gasteiger partial charge in [0.25, 0.3) is 0 Å². The van der Waals surface area contributed by atoms with Crippen LogP contribution in [0.1, 0.15) is 5.56 Å². The van der Waals surface area contributed by atoms with Gasteiger partial charge in [0, 0.05) is 16.4 Å². The first-order valence-electron chi connectivity index (χ1n) is 5.64. The highest BCUT2D eigenvalue weighted by molar-refractivity contribution is 7.80. The minimum absolute atomic E-state index is 0.314. The van der Waals surface area contributed by atoms with Gasteiger partial charge in [-0.05, 0) is 55.0 Å². The van der Waals surface area contributed by atoms with Gasteiger partial charge in [-0.15, -0.1) is 0 Å². The zero-order valence-electron chi connectivity index (χ0n) is 10.2. The van der Waals surface area contributed by atoms with Crippen molar-refractivity contribution in [3.05, 3.63) is 58.9 Å². The van der Waals surface area contributed by atoms with E-state index in [-0.39, 0.29) is 5.82 Å². The molecular formula is C14H12ClFN2S. The van der Waals surface area contributed by atoms with Crippen molar-refractivity contribution >= 4 is 40.3 Å². The first-order valence-corrected chi connectivity index (χ1v) is 6.43. The average Bonchev–Trinajstić information content (AvgIpc) is 2.34. The Morgan fingerprint density at radius 1 is 1.11 bits per heavy atom. The standard InChI is InChI=1S/C14H12ClFN2S/c1-9-5-6-12(8-13(9)15)18-14(19)17-11-4-2-3-10(16)7-11/h2-8H,1H3,(H2,17,18,19). The lowest BCUT2D eigenvalue weighted by molar-refractivity contribution is 0.628. The molecule has 0 aromatic heterocycles. The molecule has 0 atom stereocenters. The SMILES string of the molecule is Cc1ccc(NC(=S)Nc2cccc(F)c2)cc1Cl. The van der Waals surface area contributed by atoms with Crippen LogP contribution < -0.4 is 10.6 Å². The Kier molecular flexibility index (Phi) is 4.35. The van der Waals surface area contributed by atoms with Crippen LogP contribution in [0, 0.1) is 12.7 Å². The van der Waals surface area contributed by atoms with Crippen molar-refractivity contribution in [1.82, 2.24) is 0 Å². The maximum atomic E-state index is 13.0. The summed E-state index contributed by atoms with van der Waals surface area (Å²) in [6.45, 7) is 1.93. The molecule has 0 heterocycles. The van der Waals surface area contributed by atoms with Gasteiger partial charge in [-0.1, -0.05) is 23.7 Å². The summed E-state index contributed by atoms with van der Waals surface area (Å²) >= 11 is 11.2. The topological polar surface area (TPSA) is 24.1 Å². The Morgan fingerprint density at radius 2 is 1.79 bits per heavy atom. The molecule has 2 aromatic rings. The third-order valence-corrected chi connectivity index (χ3v) is 3.12. The van der Waals surface area contributed by atoms with Crippen LogP contribution in [0.2, 0.25) is 5.02 Å². The Balaban J connectivity index is 2.03. The average molecular weight is 295 g/mol. The second-order valence-electron chi connectivity index (χ2n) is 4.05. The Bertz CT molecular complexity index is 616. The van der Waals surface area contributed by atoms with E-state index >= 15 is 0 Å². The van der Waals surface area contributed by atoms with Crippen molar-refractivity contribution in [2.24, 2.45) is 0 Å². The minimum atomic E-state index is -0.314. The zero-order chi connectivity index (χ0) is 13.8. The van der Waals surface area contributed by atoms with E-state index in [1.807, 2.05) is 19.1 Å². The molecular weight excluding hydrogens is 283 g/mol. The van der Waals surface area contributed by atoms with E-state index in [9.17, 15) is 4.39 Å². The van der Waals surface area contributed by atoms with Gasteiger partial charge < -0.3 is 10.6 Å². The summed E-state index contributed by atoms with van der Waals surface area (Å²) in [5.41, 5.74) is 2.37. The normalized spacial score (nSPS) is 10.1. The summed E-state index contributed by atoms with van der Waals surface area (Å²) in [4.78, 5) is 0. The first-order chi connectivity index (χ1) is 9.04. The fraction of sp³-hybridized carbons (Fsp3) is 0.0714. The highest BCUT2D eigenvalue weighted by Gasteiger charge is 2.02. The second-order valence-corrected chi connectivity index (χ2v) is 4.87. The summed E-state index contributed by atoms with van der Waals surface area (Å²) in [6.07, 6.45) is 0. The second kappa shape index (κ2) is 5.99. The van der Waals surface area contributed by atoms with Crippen LogP contribution in [-0.4, -0.2) is 5.11 Å². The van der Waals surface area contributed by atoms with E-state index in [2.05, 4.69) is 10.6 Å². The summed E-state index contributed by atoms with van der Waals surface area (Å²) in [7, 11) is 0. The third kappa shape index (κ3) is 3.91. The molecule has 0 fully saturated rings. The molecule has 0 bridgehead atoms. The summed E-state index contributed by atoms with van der Waals surface area (Å²) < 4.78 is 13.0. The monoisotopic (exact) mass is 294 g/mol. The molecule has 0 aliphatic heterocycles. The van der Waals surface area contributed by atoms with Crippen LogP contribution in [0.3, 0.4) is 0 Å². The molecule has 98 valence electrons. The van der Waals surface area contributed by atoms with Crippen molar-refractivity contribution < 1.29 is 4.39 Å². The van der Waals surface area contributed by atoms with Crippen LogP contribution in [0.25, 0.3) is 0 Å². The van der Waals surface area contributed by atoms with Crippen LogP contribution in [0.15, 0.2) is 42.5 Å². The van der Waals surface area contributed by atoms with Gasteiger partial charge in [-0.25, -0.2) is 4.39 Å². The number of hydrogen-bond donors (Lipinski definition) is 2. The molecule has 19 heavy (non-hydrogen) atoms. The van der Waals surface area contributed by atoms with Gasteiger partial charge in [0.2, 0.25) is 0 Å². The molecule has 0 aliphatic rings. The fourth-order valence-electron chi connectivity index (χ4n) is 1.53. The van der Waals surface area contributed by atoms with Crippen molar-refractivity contribution in [2.45, 2.75) is 6.92 Å². The van der Waals surface area contributed by atoms with Crippen molar-refractivity contribution in [3.63, 3.8) is 0 Å². The maximum Gasteiger partial charge on any atom is 0.175 e. The van der Waals surface area contributed by atoms with E-state index in [0.717, 1.165) is 11.3 Å². The molecule has 0 spiro atoms. The lowest BCUT2D eigenvalue weighted by Gasteiger charge is -2.11. The first kappa shape index (κ1) is 13.8.